The summed E-state index contributed by atoms with van der Waals surface area (Å²) in [6.45, 7) is 0.684. The van der Waals surface area contributed by atoms with Gasteiger partial charge in [0.25, 0.3) is 0 Å². The first-order valence-corrected chi connectivity index (χ1v) is 4.43. The molecular weight excluding hydrogens is 150 g/mol. The molecule has 0 amide bonds. The minimum absolute atomic E-state index is 0.684. The van der Waals surface area contributed by atoms with Crippen molar-refractivity contribution in [1.82, 2.24) is 9.97 Å². The highest BCUT2D eigenvalue weighted by molar-refractivity contribution is 5.28. The Bertz CT molecular complexity index is 283. The minimum Gasteiger partial charge on any atom is -0.330 e. The average molecular weight is 163 g/mol. The van der Waals surface area contributed by atoms with Crippen LogP contribution in [0.3, 0.4) is 0 Å². The van der Waals surface area contributed by atoms with Crippen molar-refractivity contribution in [3.63, 3.8) is 0 Å². The molecule has 12 heavy (non-hydrogen) atoms. The van der Waals surface area contributed by atoms with Gasteiger partial charge in [-0.25, -0.2) is 9.97 Å². The summed E-state index contributed by atoms with van der Waals surface area (Å²) >= 11 is 0. The van der Waals surface area contributed by atoms with Gasteiger partial charge in [-0.1, -0.05) is 0 Å². The second kappa shape index (κ2) is 3.19. The van der Waals surface area contributed by atoms with Gasteiger partial charge in [-0.15, -0.1) is 0 Å². The number of hydrogen-bond donors (Lipinski definition) is 1. The van der Waals surface area contributed by atoms with Crippen molar-refractivity contribution >= 4 is 0 Å². The van der Waals surface area contributed by atoms with Crippen LogP contribution in [0.5, 0.6) is 0 Å². The molecule has 0 unspecified atom stereocenters. The Hall–Kier alpha value is -0.960. The fraction of sp³-hybridized carbons (Fsp3) is 0.556. The van der Waals surface area contributed by atoms with Gasteiger partial charge in [0.1, 0.15) is 6.33 Å². The maximum Gasteiger partial charge on any atom is 0.115 e. The second-order valence-corrected chi connectivity index (χ2v) is 3.14. The summed E-state index contributed by atoms with van der Waals surface area (Å²) in [7, 11) is 0. The molecule has 0 saturated carbocycles. The molecule has 3 heteroatoms. The topological polar surface area (TPSA) is 51.8 Å². The standard InChI is InChI=1S/C9H13N3/c10-5-4-9-7-2-1-3-8(7)11-6-12-9/h6H,1-5,10H2. The molecule has 2 N–H and O–H groups in total. The van der Waals surface area contributed by atoms with Crippen molar-refractivity contribution in [1.29, 1.82) is 0 Å². The van der Waals surface area contributed by atoms with E-state index in [1.165, 1.54) is 23.4 Å². The fourth-order valence-electron chi connectivity index (χ4n) is 1.78. The highest BCUT2D eigenvalue weighted by Crippen LogP contribution is 2.21. The minimum atomic E-state index is 0.684. The molecule has 0 bridgehead atoms. The number of aromatic nitrogens is 2. The molecule has 0 radical (unpaired) electrons. The molecule has 1 aliphatic rings. The molecule has 0 aromatic carbocycles. The SMILES string of the molecule is NCCc1ncnc2c1CCC2. The predicted octanol–water partition coefficient (Wildman–Crippen LogP) is 0.466. The van der Waals surface area contributed by atoms with Gasteiger partial charge in [-0.2, -0.15) is 0 Å². The first-order valence-electron chi connectivity index (χ1n) is 4.43. The number of hydrogen-bond acceptors (Lipinski definition) is 3. The third-order valence-corrected chi connectivity index (χ3v) is 2.35. The number of rotatable bonds is 2. The molecule has 0 aliphatic heterocycles. The maximum absolute atomic E-state index is 5.49. The highest BCUT2D eigenvalue weighted by Gasteiger charge is 2.15. The van der Waals surface area contributed by atoms with E-state index in [2.05, 4.69) is 9.97 Å². The molecule has 0 atom stereocenters. The number of nitrogens with two attached hydrogens (primary N) is 1. The molecule has 2 rings (SSSR count). The number of aryl methyl sites for hydroxylation is 1. The van der Waals surface area contributed by atoms with Crippen molar-refractivity contribution in [3.05, 3.63) is 23.3 Å². The monoisotopic (exact) mass is 163 g/mol. The average Bonchev–Trinajstić information content (AvgIpc) is 2.53. The van der Waals surface area contributed by atoms with E-state index in [0.717, 1.165) is 19.3 Å². The zero-order valence-electron chi connectivity index (χ0n) is 7.08. The quantitative estimate of drug-likeness (QED) is 0.689. The van der Waals surface area contributed by atoms with E-state index in [0.29, 0.717) is 6.54 Å². The summed E-state index contributed by atoms with van der Waals surface area (Å²) in [6.07, 6.45) is 6.05. The number of nitrogens with zero attached hydrogens (tertiary/aromatic N) is 2. The van der Waals surface area contributed by atoms with Crippen molar-refractivity contribution in [2.75, 3.05) is 6.54 Å². The Morgan fingerprint density at radius 3 is 3.08 bits per heavy atom. The van der Waals surface area contributed by atoms with Gasteiger partial charge in [-0.05, 0) is 31.4 Å². The Morgan fingerprint density at radius 2 is 2.25 bits per heavy atom. The molecule has 1 aromatic heterocycles. The summed E-state index contributed by atoms with van der Waals surface area (Å²) in [4.78, 5) is 8.50. The molecule has 64 valence electrons. The summed E-state index contributed by atoms with van der Waals surface area (Å²) in [5.41, 5.74) is 9.27. The Labute approximate surface area is 72.0 Å². The fourth-order valence-corrected chi connectivity index (χ4v) is 1.78. The van der Waals surface area contributed by atoms with Crippen LogP contribution >= 0.6 is 0 Å². The summed E-state index contributed by atoms with van der Waals surface area (Å²) in [6, 6.07) is 0. The van der Waals surface area contributed by atoms with Crippen LogP contribution in [0.2, 0.25) is 0 Å². The first kappa shape index (κ1) is 7.68. The largest absolute Gasteiger partial charge is 0.330 e. The van der Waals surface area contributed by atoms with Gasteiger partial charge >= 0.3 is 0 Å². The van der Waals surface area contributed by atoms with E-state index in [1.807, 2.05) is 0 Å². The van der Waals surface area contributed by atoms with Crippen LogP contribution in [-0.2, 0) is 19.3 Å². The van der Waals surface area contributed by atoms with Crippen molar-refractivity contribution in [3.8, 4) is 0 Å². The third kappa shape index (κ3) is 1.20. The van der Waals surface area contributed by atoms with Crippen molar-refractivity contribution in [2.24, 2.45) is 5.73 Å². The van der Waals surface area contributed by atoms with Gasteiger partial charge < -0.3 is 5.73 Å². The van der Waals surface area contributed by atoms with Gasteiger partial charge in [0.05, 0.1) is 0 Å². The van der Waals surface area contributed by atoms with Gasteiger partial charge in [0.2, 0.25) is 0 Å². The summed E-state index contributed by atoms with van der Waals surface area (Å²) in [5.74, 6) is 0. The molecule has 0 spiro atoms. The highest BCUT2D eigenvalue weighted by atomic mass is 14.8. The van der Waals surface area contributed by atoms with E-state index in [-0.39, 0.29) is 0 Å². The van der Waals surface area contributed by atoms with Crippen LogP contribution in [0.1, 0.15) is 23.4 Å². The van der Waals surface area contributed by atoms with Gasteiger partial charge in [-0.3, -0.25) is 0 Å². The van der Waals surface area contributed by atoms with Crippen LogP contribution in [0.15, 0.2) is 6.33 Å². The van der Waals surface area contributed by atoms with E-state index in [4.69, 9.17) is 5.73 Å². The summed E-state index contributed by atoms with van der Waals surface area (Å²) < 4.78 is 0. The van der Waals surface area contributed by atoms with Crippen LogP contribution in [0, 0.1) is 0 Å². The van der Waals surface area contributed by atoms with E-state index in [9.17, 15) is 0 Å². The second-order valence-electron chi connectivity index (χ2n) is 3.14. The summed E-state index contributed by atoms with van der Waals surface area (Å²) in [5, 5.41) is 0. The smallest absolute Gasteiger partial charge is 0.115 e. The van der Waals surface area contributed by atoms with E-state index in [1.54, 1.807) is 6.33 Å². The molecular formula is C9H13N3. The zero-order valence-corrected chi connectivity index (χ0v) is 7.08. The lowest BCUT2D eigenvalue weighted by Crippen LogP contribution is -2.07. The maximum atomic E-state index is 5.49. The van der Waals surface area contributed by atoms with E-state index < -0.39 is 0 Å². The first-order chi connectivity index (χ1) is 5.92. The van der Waals surface area contributed by atoms with E-state index >= 15 is 0 Å². The Morgan fingerprint density at radius 1 is 1.33 bits per heavy atom. The lowest BCUT2D eigenvalue weighted by molar-refractivity contribution is 0.873. The van der Waals surface area contributed by atoms with Crippen molar-refractivity contribution < 1.29 is 0 Å². The third-order valence-electron chi connectivity index (χ3n) is 2.35. The normalized spacial score (nSPS) is 14.8. The van der Waals surface area contributed by atoms with Crippen LogP contribution in [-0.4, -0.2) is 16.5 Å². The van der Waals surface area contributed by atoms with Crippen LogP contribution in [0.4, 0.5) is 0 Å². The molecule has 0 saturated heterocycles. The Balaban J connectivity index is 2.36. The molecule has 3 nitrogen and oxygen atoms in total. The molecule has 0 fully saturated rings. The van der Waals surface area contributed by atoms with Gasteiger partial charge in [0.15, 0.2) is 0 Å². The lowest BCUT2D eigenvalue weighted by Gasteiger charge is -2.03. The van der Waals surface area contributed by atoms with Crippen LogP contribution < -0.4 is 5.73 Å². The molecule has 1 heterocycles. The lowest BCUT2D eigenvalue weighted by atomic mass is 10.1. The predicted molar refractivity (Wildman–Crippen MR) is 46.8 cm³/mol. The molecule has 1 aliphatic carbocycles. The van der Waals surface area contributed by atoms with Gasteiger partial charge in [0, 0.05) is 17.8 Å². The number of fused-ring (bicyclic) bond motifs is 1. The Kier molecular flexibility index (Phi) is 2.04. The zero-order chi connectivity index (χ0) is 8.39. The molecule has 1 aromatic rings. The van der Waals surface area contributed by atoms with Crippen LogP contribution in [0.25, 0.3) is 0 Å². The van der Waals surface area contributed by atoms with Crippen molar-refractivity contribution in [2.45, 2.75) is 25.7 Å².